The van der Waals surface area contributed by atoms with Crippen molar-refractivity contribution in [3.8, 4) is 0 Å². The predicted molar refractivity (Wildman–Crippen MR) is 92.5 cm³/mol. The van der Waals surface area contributed by atoms with E-state index in [0.29, 0.717) is 11.3 Å². The Balaban J connectivity index is 2.02. The van der Waals surface area contributed by atoms with Crippen molar-refractivity contribution in [1.82, 2.24) is 10.6 Å². The minimum Gasteiger partial charge on any atom is -0.347 e. The molecule has 1 atom stereocenters. The molecule has 0 aliphatic carbocycles. The van der Waals surface area contributed by atoms with Crippen LogP contribution in [0, 0.1) is 0 Å². The lowest BCUT2D eigenvalue weighted by Crippen LogP contribution is -2.50. The predicted octanol–water partition coefficient (Wildman–Crippen LogP) is 2.69. The van der Waals surface area contributed by atoms with Gasteiger partial charge in [-0.15, -0.1) is 0 Å². The summed E-state index contributed by atoms with van der Waals surface area (Å²) < 4.78 is 0. The highest BCUT2D eigenvalue weighted by Crippen LogP contribution is 2.25. The Morgan fingerprint density at radius 3 is 2.35 bits per heavy atom. The number of amides is 2. The molecule has 0 radical (unpaired) electrons. The number of carbonyl (C=O) groups excluding carboxylic acids is 2. The van der Waals surface area contributed by atoms with Gasteiger partial charge in [0.25, 0.3) is 5.91 Å². The Kier molecular flexibility index (Phi) is 5.09. The normalized spacial score (nSPS) is 21.0. The fourth-order valence-electron chi connectivity index (χ4n) is 2.83. The molecule has 0 aromatic heterocycles. The summed E-state index contributed by atoms with van der Waals surface area (Å²) in [6.45, 7) is 8.74. The van der Waals surface area contributed by atoms with Crippen LogP contribution in [0.3, 0.4) is 0 Å². The molecule has 5 nitrogen and oxygen atoms in total. The first-order valence-electron chi connectivity index (χ1n) is 8.25. The first-order chi connectivity index (χ1) is 10.8. The Morgan fingerprint density at radius 2 is 1.87 bits per heavy atom. The largest absolute Gasteiger partial charge is 0.347 e. The molecule has 1 aliphatic rings. The third kappa shape index (κ3) is 4.32. The average Bonchev–Trinajstić information content (AvgIpc) is 2.96. The van der Waals surface area contributed by atoms with Gasteiger partial charge in [-0.25, -0.2) is 0 Å². The molecule has 1 saturated heterocycles. The van der Waals surface area contributed by atoms with Gasteiger partial charge in [0.2, 0.25) is 5.91 Å². The maximum atomic E-state index is 12.5. The van der Waals surface area contributed by atoms with Crippen molar-refractivity contribution in [1.29, 1.82) is 0 Å². The average molecular weight is 317 g/mol. The van der Waals surface area contributed by atoms with Crippen molar-refractivity contribution in [3.63, 3.8) is 0 Å². The molecule has 1 aromatic rings. The van der Waals surface area contributed by atoms with Gasteiger partial charge in [-0.3, -0.25) is 9.59 Å². The van der Waals surface area contributed by atoms with E-state index in [0.717, 1.165) is 25.8 Å². The molecule has 1 fully saturated rings. The number of rotatable bonds is 4. The van der Waals surface area contributed by atoms with E-state index in [4.69, 9.17) is 0 Å². The molecular formula is C18H27N3O2. The van der Waals surface area contributed by atoms with Gasteiger partial charge >= 0.3 is 0 Å². The summed E-state index contributed by atoms with van der Waals surface area (Å²) in [6, 6.07) is 7.01. The van der Waals surface area contributed by atoms with Gasteiger partial charge in [0, 0.05) is 16.8 Å². The molecule has 5 heteroatoms. The summed E-state index contributed by atoms with van der Waals surface area (Å²) in [5.41, 5.74) is 0.569. The van der Waals surface area contributed by atoms with Crippen LogP contribution in [0.4, 0.5) is 5.69 Å². The topological polar surface area (TPSA) is 70.2 Å². The van der Waals surface area contributed by atoms with Crippen molar-refractivity contribution in [3.05, 3.63) is 29.8 Å². The van der Waals surface area contributed by atoms with E-state index in [9.17, 15) is 9.59 Å². The van der Waals surface area contributed by atoms with E-state index in [1.165, 1.54) is 0 Å². The number of hydrogen-bond donors (Lipinski definition) is 3. The van der Waals surface area contributed by atoms with Crippen LogP contribution in [0.15, 0.2) is 24.3 Å². The molecule has 126 valence electrons. The maximum Gasteiger partial charge on any atom is 0.251 e. The van der Waals surface area contributed by atoms with E-state index >= 15 is 0 Å². The standard InChI is InChI=1S/C18H27N3O2/c1-5-18(11-6-12-19-18)16(23)20-14-9-7-13(8-10-14)15(22)21-17(2,3)4/h7-10,19H,5-6,11-12H2,1-4H3,(H,20,23)(H,21,22). The van der Waals surface area contributed by atoms with Gasteiger partial charge in [-0.2, -0.15) is 0 Å². The molecular weight excluding hydrogens is 290 g/mol. The van der Waals surface area contributed by atoms with Crippen LogP contribution in [0.2, 0.25) is 0 Å². The Hall–Kier alpha value is -1.88. The Bertz CT molecular complexity index is 567. The molecule has 1 aliphatic heterocycles. The lowest BCUT2D eigenvalue weighted by atomic mass is 9.93. The lowest BCUT2D eigenvalue weighted by Gasteiger charge is -2.26. The van der Waals surface area contributed by atoms with Crippen molar-refractivity contribution in [2.24, 2.45) is 0 Å². The van der Waals surface area contributed by atoms with Crippen molar-refractivity contribution < 1.29 is 9.59 Å². The molecule has 2 rings (SSSR count). The van der Waals surface area contributed by atoms with E-state index in [1.807, 2.05) is 27.7 Å². The summed E-state index contributed by atoms with van der Waals surface area (Å²) >= 11 is 0. The first kappa shape index (κ1) is 17.5. The number of hydrogen-bond acceptors (Lipinski definition) is 3. The second kappa shape index (κ2) is 6.71. The van der Waals surface area contributed by atoms with Crippen LogP contribution in [0.1, 0.15) is 57.3 Å². The zero-order valence-electron chi connectivity index (χ0n) is 14.5. The number of carbonyl (C=O) groups is 2. The van der Waals surface area contributed by atoms with Crippen molar-refractivity contribution in [2.75, 3.05) is 11.9 Å². The highest BCUT2D eigenvalue weighted by atomic mass is 16.2. The smallest absolute Gasteiger partial charge is 0.251 e. The zero-order valence-corrected chi connectivity index (χ0v) is 14.5. The van der Waals surface area contributed by atoms with Gasteiger partial charge < -0.3 is 16.0 Å². The van der Waals surface area contributed by atoms with Gasteiger partial charge in [0.15, 0.2) is 0 Å². The van der Waals surface area contributed by atoms with E-state index in [1.54, 1.807) is 24.3 Å². The molecule has 0 spiro atoms. The van der Waals surface area contributed by atoms with Gasteiger partial charge in [-0.1, -0.05) is 6.92 Å². The van der Waals surface area contributed by atoms with Crippen LogP contribution < -0.4 is 16.0 Å². The summed E-state index contributed by atoms with van der Waals surface area (Å²) in [4.78, 5) is 24.6. The SMILES string of the molecule is CCC1(C(=O)Nc2ccc(C(=O)NC(C)(C)C)cc2)CCCN1. The second-order valence-electron chi connectivity index (χ2n) is 7.20. The highest BCUT2D eigenvalue weighted by molar-refractivity contribution is 5.99. The monoisotopic (exact) mass is 317 g/mol. The third-order valence-electron chi connectivity index (χ3n) is 4.18. The minimum absolute atomic E-state index is 0.00407. The summed E-state index contributed by atoms with van der Waals surface area (Å²) in [6.07, 6.45) is 2.65. The molecule has 0 saturated carbocycles. The molecule has 1 unspecified atom stereocenters. The summed E-state index contributed by atoms with van der Waals surface area (Å²) in [7, 11) is 0. The number of anilines is 1. The number of nitrogens with one attached hydrogen (secondary N) is 3. The minimum atomic E-state index is -0.456. The first-order valence-corrected chi connectivity index (χ1v) is 8.25. The molecule has 1 aromatic carbocycles. The molecule has 0 bridgehead atoms. The van der Waals surface area contributed by atoms with Crippen LogP contribution in [-0.2, 0) is 4.79 Å². The lowest BCUT2D eigenvalue weighted by molar-refractivity contribution is -0.122. The van der Waals surface area contributed by atoms with Crippen LogP contribution >= 0.6 is 0 Å². The van der Waals surface area contributed by atoms with E-state index < -0.39 is 5.54 Å². The molecule has 23 heavy (non-hydrogen) atoms. The summed E-state index contributed by atoms with van der Waals surface area (Å²) in [5, 5.41) is 9.20. The molecule has 1 heterocycles. The summed E-state index contributed by atoms with van der Waals surface area (Å²) in [5.74, 6) is -0.109. The van der Waals surface area contributed by atoms with Crippen LogP contribution in [0.25, 0.3) is 0 Å². The van der Waals surface area contributed by atoms with Gasteiger partial charge in [0.05, 0.1) is 5.54 Å². The zero-order chi connectivity index (χ0) is 17.1. The van der Waals surface area contributed by atoms with E-state index in [2.05, 4.69) is 16.0 Å². The quantitative estimate of drug-likeness (QED) is 0.799. The maximum absolute atomic E-state index is 12.5. The fourth-order valence-corrected chi connectivity index (χ4v) is 2.83. The van der Waals surface area contributed by atoms with Crippen molar-refractivity contribution in [2.45, 2.75) is 58.0 Å². The fraction of sp³-hybridized carbons (Fsp3) is 0.556. The number of benzene rings is 1. The molecule has 2 amide bonds. The van der Waals surface area contributed by atoms with Gasteiger partial charge in [0.1, 0.15) is 0 Å². The van der Waals surface area contributed by atoms with E-state index in [-0.39, 0.29) is 17.4 Å². The second-order valence-corrected chi connectivity index (χ2v) is 7.20. The Morgan fingerprint density at radius 1 is 1.22 bits per heavy atom. The van der Waals surface area contributed by atoms with Crippen LogP contribution in [-0.4, -0.2) is 29.4 Å². The Labute approximate surface area is 138 Å². The third-order valence-corrected chi connectivity index (χ3v) is 4.18. The van der Waals surface area contributed by atoms with Gasteiger partial charge in [-0.05, 0) is 70.8 Å². The van der Waals surface area contributed by atoms with Crippen LogP contribution in [0.5, 0.6) is 0 Å². The van der Waals surface area contributed by atoms with Crippen molar-refractivity contribution >= 4 is 17.5 Å². The molecule has 3 N–H and O–H groups in total. The highest BCUT2D eigenvalue weighted by Gasteiger charge is 2.39.